The number of aromatic nitrogens is 1. The second-order valence-electron chi connectivity index (χ2n) is 3.31. The number of rotatable bonds is 5. The van der Waals surface area contributed by atoms with Crippen molar-refractivity contribution in [2.24, 2.45) is 0 Å². The van der Waals surface area contributed by atoms with Crippen LogP contribution in [-0.2, 0) is 0 Å². The molecule has 1 amide bonds. The first-order chi connectivity index (χ1) is 8.15. The molecule has 0 saturated carbocycles. The Bertz CT molecular complexity index is 400. The summed E-state index contributed by atoms with van der Waals surface area (Å²) < 4.78 is 0.622. The van der Waals surface area contributed by atoms with E-state index in [2.05, 4.69) is 16.1 Å². The maximum Gasteiger partial charge on any atom is 0.432 e. The topological polar surface area (TPSA) is 83.7 Å². The van der Waals surface area contributed by atoms with Crippen LogP contribution in [0.15, 0.2) is 12.1 Å². The number of carbonyl (C=O) groups is 1. The van der Waals surface area contributed by atoms with E-state index in [1.807, 2.05) is 0 Å². The van der Waals surface area contributed by atoms with Gasteiger partial charge in [0.2, 0.25) is 11.8 Å². The van der Waals surface area contributed by atoms with Crippen LogP contribution >= 0.6 is 0 Å². The highest BCUT2D eigenvalue weighted by atomic mass is 16.7. The standard InChI is InChI=1S/C11H14N2O4/c1-2-3-4-5-8-12-11(16)17-13-9(14)6-7-10(13)15/h1,6-7,14-15H,3-5,8H2,(H,12,16). The molecule has 6 nitrogen and oxygen atoms in total. The molecule has 0 spiro atoms. The maximum absolute atomic E-state index is 11.2. The molecule has 6 heteroatoms. The Kier molecular flexibility index (Phi) is 4.76. The van der Waals surface area contributed by atoms with E-state index in [0.717, 1.165) is 12.8 Å². The van der Waals surface area contributed by atoms with Crippen molar-refractivity contribution in [3.05, 3.63) is 12.1 Å². The van der Waals surface area contributed by atoms with E-state index < -0.39 is 6.09 Å². The largest absolute Gasteiger partial charge is 0.492 e. The van der Waals surface area contributed by atoms with Gasteiger partial charge in [0.25, 0.3) is 0 Å². The highest BCUT2D eigenvalue weighted by Gasteiger charge is 2.10. The van der Waals surface area contributed by atoms with Crippen molar-refractivity contribution in [3.63, 3.8) is 0 Å². The van der Waals surface area contributed by atoms with Crippen LogP contribution in [0, 0.1) is 12.3 Å². The van der Waals surface area contributed by atoms with E-state index in [4.69, 9.17) is 6.42 Å². The first kappa shape index (κ1) is 12.8. The third kappa shape index (κ3) is 3.99. The van der Waals surface area contributed by atoms with E-state index in [9.17, 15) is 15.0 Å². The van der Waals surface area contributed by atoms with Gasteiger partial charge < -0.3 is 20.4 Å². The van der Waals surface area contributed by atoms with Gasteiger partial charge in [0, 0.05) is 25.1 Å². The molecule has 1 aromatic rings. The Morgan fingerprint density at radius 1 is 1.41 bits per heavy atom. The summed E-state index contributed by atoms with van der Waals surface area (Å²) in [6, 6.07) is 2.41. The van der Waals surface area contributed by atoms with Crippen molar-refractivity contribution >= 4 is 6.09 Å². The molecule has 0 fully saturated rings. The lowest BCUT2D eigenvalue weighted by atomic mass is 10.2. The Morgan fingerprint density at radius 2 is 2.06 bits per heavy atom. The minimum Gasteiger partial charge on any atom is -0.492 e. The number of nitrogens with one attached hydrogen (secondary N) is 1. The van der Waals surface area contributed by atoms with Gasteiger partial charge in [0.05, 0.1) is 0 Å². The van der Waals surface area contributed by atoms with Crippen molar-refractivity contribution in [1.29, 1.82) is 0 Å². The second kappa shape index (κ2) is 6.33. The molecule has 92 valence electrons. The number of hydrogen-bond donors (Lipinski definition) is 3. The molecule has 0 unspecified atom stereocenters. The van der Waals surface area contributed by atoms with Crippen molar-refractivity contribution in [2.45, 2.75) is 19.3 Å². The van der Waals surface area contributed by atoms with Crippen molar-refractivity contribution in [2.75, 3.05) is 6.54 Å². The summed E-state index contributed by atoms with van der Waals surface area (Å²) in [4.78, 5) is 15.9. The van der Waals surface area contributed by atoms with Gasteiger partial charge >= 0.3 is 6.09 Å². The summed E-state index contributed by atoms with van der Waals surface area (Å²) in [6.07, 6.45) is 6.53. The predicted octanol–water partition coefficient (Wildman–Crippen LogP) is 0.841. The van der Waals surface area contributed by atoms with Crippen molar-refractivity contribution in [1.82, 2.24) is 10.0 Å². The summed E-state index contributed by atoms with van der Waals surface area (Å²) in [5.41, 5.74) is 0. The van der Waals surface area contributed by atoms with Crippen LogP contribution in [0.3, 0.4) is 0 Å². The zero-order valence-corrected chi connectivity index (χ0v) is 9.22. The van der Waals surface area contributed by atoms with E-state index >= 15 is 0 Å². The minimum atomic E-state index is -0.757. The zero-order chi connectivity index (χ0) is 12.7. The predicted molar refractivity (Wildman–Crippen MR) is 60.4 cm³/mol. The molecule has 0 saturated heterocycles. The fourth-order valence-electron chi connectivity index (χ4n) is 1.15. The maximum atomic E-state index is 11.2. The molecule has 17 heavy (non-hydrogen) atoms. The molecule has 0 bridgehead atoms. The summed E-state index contributed by atoms with van der Waals surface area (Å²) in [5.74, 6) is 1.78. The SMILES string of the molecule is C#CCCCCNC(=O)On1c(O)ccc1O. The van der Waals surface area contributed by atoms with Gasteiger partial charge in [-0.3, -0.25) is 0 Å². The van der Waals surface area contributed by atoms with Gasteiger partial charge in [0.15, 0.2) is 0 Å². The summed E-state index contributed by atoms with van der Waals surface area (Å²) in [6.45, 7) is 0.420. The van der Waals surface area contributed by atoms with Crippen LogP contribution in [0.5, 0.6) is 11.8 Å². The number of unbranched alkanes of at least 4 members (excludes halogenated alkanes) is 2. The van der Waals surface area contributed by atoms with E-state index in [1.54, 1.807) is 0 Å². The molecule has 0 radical (unpaired) electrons. The van der Waals surface area contributed by atoms with Crippen LogP contribution in [0.2, 0.25) is 0 Å². The molecular formula is C11H14N2O4. The number of amides is 1. The van der Waals surface area contributed by atoms with Gasteiger partial charge in [-0.2, -0.15) is 0 Å². The van der Waals surface area contributed by atoms with Crippen LogP contribution in [0.25, 0.3) is 0 Å². The zero-order valence-electron chi connectivity index (χ0n) is 9.22. The molecule has 1 rings (SSSR count). The lowest BCUT2D eigenvalue weighted by Crippen LogP contribution is -2.32. The molecule has 0 aliphatic carbocycles. The van der Waals surface area contributed by atoms with E-state index in [0.29, 0.717) is 17.7 Å². The average Bonchev–Trinajstić information content (AvgIpc) is 2.60. The molecular weight excluding hydrogens is 224 g/mol. The highest BCUT2D eigenvalue weighted by Crippen LogP contribution is 2.18. The summed E-state index contributed by atoms with van der Waals surface area (Å²) in [7, 11) is 0. The molecule has 0 aromatic carbocycles. The summed E-state index contributed by atoms with van der Waals surface area (Å²) >= 11 is 0. The van der Waals surface area contributed by atoms with E-state index in [-0.39, 0.29) is 11.8 Å². The van der Waals surface area contributed by atoms with Gasteiger partial charge in [-0.1, -0.05) is 0 Å². The average molecular weight is 238 g/mol. The Morgan fingerprint density at radius 3 is 2.65 bits per heavy atom. The fourth-order valence-corrected chi connectivity index (χ4v) is 1.15. The smallest absolute Gasteiger partial charge is 0.432 e. The first-order valence-corrected chi connectivity index (χ1v) is 5.14. The quantitative estimate of drug-likeness (QED) is 0.524. The Hall–Kier alpha value is -2.29. The first-order valence-electron chi connectivity index (χ1n) is 5.14. The van der Waals surface area contributed by atoms with Gasteiger partial charge in [0.1, 0.15) is 0 Å². The second-order valence-corrected chi connectivity index (χ2v) is 3.31. The molecule has 0 aliphatic heterocycles. The van der Waals surface area contributed by atoms with Gasteiger partial charge in [-0.05, 0) is 12.8 Å². The lowest BCUT2D eigenvalue weighted by Gasteiger charge is -2.07. The van der Waals surface area contributed by atoms with Crippen molar-refractivity contribution in [3.8, 4) is 24.1 Å². The normalized spacial score (nSPS) is 9.59. The van der Waals surface area contributed by atoms with Gasteiger partial charge in [-0.25, -0.2) is 4.79 Å². The van der Waals surface area contributed by atoms with Crippen LogP contribution in [0.4, 0.5) is 4.79 Å². The molecule has 1 heterocycles. The molecule has 1 aromatic heterocycles. The number of aromatic hydroxyl groups is 2. The highest BCUT2D eigenvalue weighted by molar-refractivity contribution is 5.67. The van der Waals surface area contributed by atoms with Crippen molar-refractivity contribution < 1.29 is 19.8 Å². The minimum absolute atomic E-state index is 0.356. The third-order valence-electron chi connectivity index (χ3n) is 1.99. The monoisotopic (exact) mass is 238 g/mol. The molecule has 0 atom stereocenters. The van der Waals surface area contributed by atoms with Gasteiger partial charge in [-0.15, -0.1) is 17.1 Å². The number of terminal acetylenes is 1. The molecule has 3 N–H and O–H groups in total. The number of hydrogen-bond acceptors (Lipinski definition) is 4. The summed E-state index contributed by atoms with van der Waals surface area (Å²) in [5, 5.41) is 20.9. The van der Waals surface area contributed by atoms with E-state index in [1.165, 1.54) is 12.1 Å². The fraction of sp³-hybridized carbons (Fsp3) is 0.364. The Balaban J connectivity index is 2.28. The van der Waals surface area contributed by atoms with Crippen LogP contribution in [-0.4, -0.2) is 27.6 Å². The van der Waals surface area contributed by atoms with Crippen LogP contribution < -0.4 is 10.2 Å². The van der Waals surface area contributed by atoms with Crippen LogP contribution in [0.1, 0.15) is 19.3 Å². The Labute approximate surface area is 98.8 Å². The third-order valence-corrected chi connectivity index (χ3v) is 1.99. The lowest BCUT2D eigenvalue weighted by molar-refractivity contribution is 0.108. The molecule has 0 aliphatic rings. The number of nitrogens with zero attached hydrogens (tertiary/aromatic N) is 1. The number of carbonyl (C=O) groups excluding carboxylic acids is 1.